The molecule has 4 heteroatoms. The zero-order valence-corrected chi connectivity index (χ0v) is 10.4. The largest absolute Gasteiger partial charge is 0.506 e. The van der Waals surface area contributed by atoms with Crippen molar-refractivity contribution >= 4 is 5.78 Å². The minimum absolute atomic E-state index is 0.0509. The minimum atomic E-state index is 0.0509. The summed E-state index contributed by atoms with van der Waals surface area (Å²) >= 11 is 0. The van der Waals surface area contributed by atoms with Crippen molar-refractivity contribution in [2.45, 2.75) is 19.3 Å². The Kier molecular flexibility index (Phi) is 3.04. The molecular weight excluding hydrogens is 228 g/mol. The van der Waals surface area contributed by atoms with E-state index in [1.54, 1.807) is 6.07 Å². The van der Waals surface area contributed by atoms with Gasteiger partial charge in [-0.25, -0.2) is 4.98 Å². The van der Waals surface area contributed by atoms with Crippen molar-refractivity contribution in [1.29, 1.82) is 0 Å². The van der Waals surface area contributed by atoms with Crippen molar-refractivity contribution < 1.29 is 9.90 Å². The summed E-state index contributed by atoms with van der Waals surface area (Å²) in [5, 5.41) is 9.15. The first kappa shape index (κ1) is 11.7. The van der Waals surface area contributed by atoms with Crippen LogP contribution in [0.4, 0.5) is 0 Å². The summed E-state index contributed by atoms with van der Waals surface area (Å²) in [4.78, 5) is 18.3. The van der Waals surface area contributed by atoms with Crippen LogP contribution in [0.25, 0.3) is 0 Å². The Morgan fingerprint density at radius 1 is 1.33 bits per heavy atom. The summed E-state index contributed by atoms with van der Waals surface area (Å²) < 4.78 is 0. The number of rotatable bonds is 3. The Labute approximate surface area is 107 Å². The lowest BCUT2D eigenvalue weighted by Crippen LogP contribution is -2.29. The number of carbonyl (C=O) groups excluding carboxylic acids is 1. The van der Waals surface area contributed by atoms with Gasteiger partial charge in [-0.2, -0.15) is 0 Å². The fraction of sp³-hybridized carbons (Fsp3) is 0.571. The van der Waals surface area contributed by atoms with Crippen molar-refractivity contribution in [3.05, 3.63) is 24.0 Å². The maximum absolute atomic E-state index is 12.0. The van der Waals surface area contributed by atoms with Crippen LogP contribution in [0.3, 0.4) is 0 Å². The molecule has 2 atom stereocenters. The van der Waals surface area contributed by atoms with E-state index in [2.05, 4.69) is 9.88 Å². The number of fused-ring (bicyclic) bond motifs is 1. The van der Waals surface area contributed by atoms with Crippen LogP contribution in [-0.2, 0) is 0 Å². The lowest BCUT2D eigenvalue weighted by molar-refractivity contribution is 0.0936. The molecule has 1 unspecified atom stereocenters. The first-order chi connectivity index (χ1) is 8.72. The van der Waals surface area contributed by atoms with Gasteiger partial charge in [0.2, 0.25) is 0 Å². The van der Waals surface area contributed by atoms with E-state index in [9.17, 15) is 4.79 Å². The molecule has 0 radical (unpaired) electrons. The third kappa shape index (κ3) is 2.25. The second-order valence-corrected chi connectivity index (χ2v) is 5.47. The molecule has 1 saturated carbocycles. The van der Waals surface area contributed by atoms with Crippen molar-refractivity contribution in [3.63, 3.8) is 0 Å². The fourth-order valence-electron chi connectivity index (χ4n) is 3.30. The molecule has 18 heavy (non-hydrogen) atoms. The number of likely N-dealkylation sites (tertiary alicyclic amines) is 1. The molecule has 1 aromatic heterocycles. The summed E-state index contributed by atoms with van der Waals surface area (Å²) in [7, 11) is 0. The van der Waals surface area contributed by atoms with Crippen LogP contribution in [0.5, 0.6) is 5.75 Å². The molecule has 1 aliphatic carbocycles. The molecule has 0 amide bonds. The van der Waals surface area contributed by atoms with E-state index in [0.29, 0.717) is 12.2 Å². The van der Waals surface area contributed by atoms with Gasteiger partial charge in [-0.15, -0.1) is 0 Å². The van der Waals surface area contributed by atoms with Gasteiger partial charge in [-0.05, 0) is 36.8 Å². The standard InChI is InChI=1S/C14H18N2O2/c17-12-4-5-13(15-6-12)14(18)9-16-7-10-2-1-3-11(10)8-16/h4-6,10-11,17H,1-3,7-9H2/t10-,11?/m0/s1. The Bertz CT molecular complexity index is 432. The molecule has 0 aromatic carbocycles. The van der Waals surface area contributed by atoms with Gasteiger partial charge in [0.25, 0.3) is 0 Å². The molecular formula is C14H18N2O2. The first-order valence-electron chi connectivity index (χ1n) is 6.63. The molecule has 3 rings (SSSR count). The first-order valence-corrected chi connectivity index (χ1v) is 6.63. The van der Waals surface area contributed by atoms with Crippen LogP contribution in [0, 0.1) is 11.8 Å². The summed E-state index contributed by atoms with van der Waals surface area (Å²) in [6, 6.07) is 3.10. The van der Waals surface area contributed by atoms with Gasteiger partial charge in [-0.1, -0.05) is 6.42 Å². The molecule has 2 heterocycles. The lowest BCUT2D eigenvalue weighted by Gasteiger charge is -2.15. The van der Waals surface area contributed by atoms with Gasteiger partial charge >= 0.3 is 0 Å². The smallest absolute Gasteiger partial charge is 0.195 e. The number of carbonyl (C=O) groups is 1. The van der Waals surface area contributed by atoms with Crippen molar-refractivity contribution in [2.24, 2.45) is 11.8 Å². The Morgan fingerprint density at radius 2 is 2.06 bits per heavy atom. The topological polar surface area (TPSA) is 53.4 Å². The van der Waals surface area contributed by atoms with E-state index in [1.165, 1.54) is 31.5 Å². The number of nitrogens with zero attached hydrogens (tertiary/aromatic N) is 2. The Balaban J connectivity index is 1.60. The lowest BCUT2D eigenvalue weighted by atomic mass is 10.0. The van der Waals surface area contributed by atoms with Crippen LogP contribution in [0.2, 0.25) is 0 Å². The van der Waals surface area contributed by atoms with Crippen molar-refractivity contribution in [3.8, 4) is 5.75 Å². The number of ketones is 1. The number of hydrogen-bond donors (Lipinski definition) is 1. The molecule has 2 fully saturated rings. The summed E-state index contributed by atoms with van der Waals surface area (Å²) in [6.45, 7) is 2.59. The van der Waals surface area contributed by atoms with Gasteiger partial charge in [0.05, 0.1) is 12.7 Å². The SMILES string of the molecule is O=C(CN1CC2CCC[C@H]2C1)c1ccc(O)cn1. The summed E-state index contributed by atoms with van der Waals surface area (Å²) in [5.74, 6) is 1.77. The average Bonchev–Trinajstić information content (AvgIpc) is 2.90. The van der Waals surface area contributed by atoms with Gasteiger partial charge < -0.3 is 5.11 Å². The third-order valence-electron chi connectivity index (χ3n) is 4.20. The van der Waals surface area contributed by atoms with E-state index >= 15 is 0 Å². The third-order valence-corrected chi connectivity index (χ3v) is 4.20. The predicted molar refractivity (Wildman–Crippen MR) is 67.5 cm³/mol. The molecule has 0 bridgehead atoms. The van der Waals surface area contributed by atoms with Crippen LogP contribution in [0.1, 0.15) is 29.8 Å². The number of hydrogen-bond acceptors (Lipinski definition) is 4. The molecule has 0 spiro atoms. The zero-order chi connectivity index (χ0) is 12.5. The summed E-state index contributed by atoms with van der Waals surface area (Å²) in [6.07, 6.45) is 5.34. The highest BCUT2D eigenvalue weighted by atomic mass is 16.3. The van der Waals surface area contributed by atoms with Crippen LogP contribution < -0.4 is 0 Å². The zero-order valence-electron chi connectivity index (χ0n) is 10.4. The average molecular weight is 246 g/mol. The number of Topliss-reactive ketones (excluding diaryl/α,β-unsaturated/α-hetero) is 1. The number of aromatic nitrogens is 1. The Hall–Kier alpha value is -1.42. The van der Waals surface area contributed by atoms with E-state index in [4.69, 9.17) is 5.11 Å². The predicted octanol–water partition coefficient (Wildman–Crippen LogP) is 1.70. The number of pyridine rings is 1. The quantitative estimate of drug-likeness (QED) is 0.825. The normalized spacial score (nSPS) is 27.3. The minimum Gasteiger partial charge on any atom is -0.506 e. The molecule has 1 aromatic rings. The molecule has 4 nitrogen and oxygen atoms in total. The van der Waals surface area contributed by atoms with Crippen LogP contribution in [-0.4, -0.2) is 40.4 Å². The molecule has 1 aliphatic heterocycles. The molecule has 96 valence electrons. The highest BCUT2D eigenvalue weighted by Gasteiger charge is 2.36. The van der Waals surface area contributed by atoms with Gasteiger partial charge in [0.1, 0.15) is 11.4 Å². The maximum Gasteiger partial charge on any atom is 0.195 e. The van der Waals surface area contributed by atoms with Crippen molar-refractivity contribution in [1.82, 2.24) is 9.88 Å². The van der Waals surface area contributed by atoms with Gasteiger partial charge in [0, 0.05) is 13.1 Å². The van der Waals surface area contributed by atoms with Gasteiger partial charge in [-0.3, -0.25) is 9.69 Å². The van der Waals surface area contributed by atoms with Crippen LogP contribution >= 0.6 is 0 Å². The Morgan fingerprint density at radius 3 is 2.67 bits per heavy atom. The van der Waals surface area contributed by atoms with E-state index in [-0.39, 0.29) is 11.5 Å². The van der Waals surface area contributed by atoms with Crippen LogP contribution in [0.15, 0.2) is 18.3 Å². The maximum atomic E-state index is 12.0. The monoisotopic (exact) mass is 246 g/mol. The van der Waals surface area contributed by atoms with E-state index < -0.39 is 0 Å². The molecule has 2 aliphatic rings. The fourth-order valence-corrected chi connectivity index (χ4v) is 3.30. The van der Waals surface area contributed by atoms with E-state index in [1.807, 2.05) is 0 Å². The number of aromatic hydroxyl groups is 1. The second-order valence-electron chi connectivity index (χ2n) is 5.47. The van der Waals surface area contributed by atoms with Crippen molar-refractivity contribution in [2.75, 3.05) is 19.6 Å². The molecule has 1 saturated heterocycles. The highest BCUT2D eigenvalue weighted by molar-refractivity contribution is 5.95. The molecule has 1 N–H and O–H groups in total. The highest BCUT2D eigenvalue weighted by Crippen LogP contribution is 2.37. The van der Waals surface area contributed by atoms with E-state index in [0.717, 1.165) is 24.9 Å². The summed E-state index contributed by atoms with van der Waals surface area (Å²) in [5.41, 5.74) is 0.449. The van der Waals surface area contributed by atoms with Gasteiger partial charge in [0.15, 0.2) is 5.78 Å². The second kappa shape index (κ2) is 4.69.